The van der Waals surface area contributed by atoms with E-state index < -0.39 is 44.3 Å². The Morgan fingerprint density at radius 1 is 0.945 bits per heavy atom. The van der Waals surface area contributed by atoms with E-state index in [1.807, 2.05) is 63.2 Å². The van der Waals surface area contributed by atoms with E-state index in [-0.39, 0.29) is 28.2 Å². The molecule has 5 rings (SSSR count). The van der Waals surface area contributed by atoms with Gasteiger partial charge in [-0.05, 0) is 65.4 Å². The first-order valence-corrected chi connectivity index (χ1v) is 18.0. The minimum absolute atomic E-state index is 0.0374. The minimum atomic E-state index is -4.82. The van der Waals surface area contributed by atoms with E-state index in [1.165, 1.54) is 40.2 Å². The zero-order chi connectivity index (χ0) is 39.8. The van der Waals surface area contributed by atoms with Crippen molar-refractivity contribution in [2.45, 2.75) is 57.6 Å². The number of alkyl halides is 7. The molecule has 8 nitrogen and oxygen atoms in total. The number of nitrogens with one attached hydrogen (secondary N) is 1. The van der Waals surface area contributed by atoms with Crippen LogP contribution in [0.5, 0.6) is 5.75 Å². The number of benzene rings is 4. The molecule has 0 fully saturated rings. The van der Waals surface area contributed by atoms with Crippen molar-refractivity contribution in [3.63, 3.8) is 0 Å². The van der Waals surface area contributed by atoms with Gasteiger partial charge >= 0.3 is 18.6 Å². The highest BCUT2D eigenvalue weighted by Gasteiger charge is 2.32. The van der Waals surface area contributed by atoms with E-state index in [1.54, 1.807) is 18.2 Å². The Morgan fingerprint density at radius 3 is 2.27 bits per heavy atom. The Bertz CT molecular complexity index is 2050. The van der Waals surface area contributed by atoms with Gasteiger partial charge in [0.05, 0.1) is 18.7 Å². The zero-order valence-electron chi connectivity index (χ0n) is 29.9. The molecule has 0 radical (unpaired) electrons. The number of hydrogen-bond donors (Lipinski definition) is 1. The Morgan fingerprint density at radius 2 is 1.64 bits per heavy atom. The van der Waals surface area contributed by atoms with E-state index in [9.17, 15) is 31.1 Å². The number of aryl methyl sites for hydroxylation is 1. The third-order valence-corrected chi connectivity index (χ3v) is 9.19. The smallest absolute Gasteiger partial charge is 0.406 e. The molecule has 1 heterocycles. The van der Waals surface area contributed by atoms with Crippen molar-refractivity contribution in [1.82, 2.24) is 20.1 Å². The largest absolute Gasteiger partial charge is 0.573 e. The van der Waals surface area contributed by atoms with Crippen LogP contribution in [0.15, 0.2) is 108 Å². The highest BCUT2D eigenvalue weighted by molar-refractivity contribution is 8.13. The van der Waals surface area contributed by atoms with Crippen molar-refractivity contribution in [3.05, 3.63) is 126 Å². The van der Waals surface area contributed by atoms with Crippen LogP contribution in [0.25, 0.3) is 17.1 Å². The molecule has 1 N–H and O–H groups in total. The molecule has 290 valence electrons. The van der Waals surface area contributed by atoms with Crippen LogP contribution >= 0.6 is 11.8 Å². The van der Waals surface area contributed by atoms with Gasteiger partial charge in [0.15, 0.2) is 11.0 Å². The lowest BCUT2D eigenvalue weighted by Gasteiger charge is -2.29. The second-order valence-electron chi connectivity index (χ2n) is 12.7. The van der Waals surface area contributed by atoms with Gasteiger partial charge in [0.2, 0.25) is 0 Å². The van der Waals surface area contributed by atoms with Gasteiger partial charge in [0, 0.05) is 23.5 Å². The van der Waals surface area contributed by atoms with Gasteiger partial charge in [-0.15, -0.1) is 18.3 Å². The minimum Gasteiger partial charge on any atom is -0.406 e. The van der Waals surface area contributed by atoms with Crippen LogP contribution in [-0.4, -0.2) is 51.6 Å². The van der Waals surface area contributed by atoms with Crippen LogP contribution in [-0.2, 0) is 5.75 Å². The van der Waals surface area contributed by atoms with Gasteiger partial charge in [-0.3, -0.25) is 0 Å². The summed E-state index contributed by atoms with van der Waals surface area (Å²) in [5, 5.41) is 6.84. The number of nitrogens with zero attached hydrogens (tertiary/aromatic N) is 5. The maximum Gasteiger partial charge on any atom is 0.573 e. The molecule has 1 aromatic heterocycles. The summed E-state index contributed by atoms with van der Waals surface area (Å²) in [4.78, 5) is 23.1. The molecule has 0 bridgehead atoms. The molecule has 2 amide bonds. The molecule has 0 aliphatic carbocycles. The molecule has 0 aliphatic rings. The van der Waals surface area contributed by atoms with Crippen molar-refractivity contribution in [1.29, 1.82) is 0 Å². The number of ether oxygens (including phenoxy) is 1. The lowest BCUT2D eigenvalue weighted by molar-refractivity contribution is -0.274. The highest BCUT2D eigenvalue weighted by atomic mass is 32.2. The first kappa shape index (κ1) is 40.8. The predicted molar refractivity (Wildman–Crippen MR) is 199 cm³/mol. The van der Waals surface area contributed by atoms with Crippen LogP contribution in [0.2, 0.25) is 0 Å². The molecular formula is C39H37F7N6O2S. The summed E-state index contributed by atoms with van der Waals surface area (Å²) < 4.78 is 99.0. The normalized spacial score (nSPS) is 12.8. The lowest BCUT2D eigenvalue weighted by Crippen LogP contribution is -2.35. The highest BCUT2D eigenvalue weighted by Crippen LogP contribution is 2.34. The Labute approximate surface area is 317 Å². The number of anilines is 1. The predicted octanol–water partition coefficient (Wildman–Crippen LogP) is 10.7. The first-order valence-electron chi connectivity index (χ1n) is 17.0. The van der Waals surface area contributed by atoms with E-state index >= 15 is 4.39 Å². The van der Waals surface area contributed by atoms with Crippen LogP contribution in [0.1, 0.15) is 54.6 Å². The molecule has 0 saturated carbocycles. The van der Waals surface area contributed by atoms with E-state index in [0.29, 0.717) is 22.7 Å². The first-order chi connectivity index (χ1) is 26.0. The summed E-state index contributed by atoms with van der Waals surface area (Å²) in [6.45, 7) is 4.72. The quantitative estimate of drug-likeness (QED) is 0.0770. The van der Waals surface area contributed by atoms with Crippen LogP contribution in [0.3, 0.4) is 0 Å². The van der Waals surface area contributed by atoms with Gasteiger partial charge < -0.3 is 15.0 Å². The molecule has 16 heteroatoms. The van der Waals surface area contributed by atoms with Gasteiger partial charge in [-0.25, -0.2) is 18.9 Å². The molecular weight excluding hydrogens is 750 g/mol. The summed E-state index contributed by atoms with van der Waals surface area (Å²) >= 11 is 1.11. The number of rotatable bonds is 12. The zero-order valence-corrected chi connectivity index (χ0v) is 30.7. The summed E-state index contributed by atoms with van der Waals surface area (Å²) in [6, 6.07) is 25.0. The maximum absolute atomic E-state index is 15.4. The third-order valence-electron chi connectivity index (χ3n) is 8.15. The molecule has 0 aliphatic heterocycles. The number of carbonyl (C=O) groups is 1. The average Bonchev–Trinajstić information content (AvgIpc) is 3.63. The number of aromatic nitrogens is 3. The number of hydrogen-bond acceptors (Lipinski definition) is 5. The van der Waals surface area contributed by atoms with Gasteiger partial charge in [0.25, 0.3) is 0 Å². The second kappa shape index (κ2) is 17.8. The van der Waals surface area contributed by atoms with E-state index in [0.717, 1.165) is 40.6 Å². The number of carbonyl (C=O) groups excluding carboxylic acids is 1. The number of amidine groups is 1. The number of urea groups is 1. The van der Waals surface area contributed by atoms with Crippen molar-refractivity contribution >= 4 is 28.6 Å². The van der Waals surface area contributed by atoms with Crippen LogP contribution in [0.4, 0.5) is 41.2 Å². The molecule has 5 aromatic rings. The SMILES string of the molecule is Cc1ccc(C(C)C)c(N(CCC(F)(F)F)/C(=N/C(=O)NCC(F)c2ccc(-c3ncn(-c4ccc(OC(F)(F)F)cc4)n3)cc2)SCc2ccccc2)c1. The fourth-order valence-electron chi connectivity index (χ4n) is 5.41. The van der Waals surface area contributed by atoms with Crippen molar-refractivity contribution in [2.24, 2.45) is 4.99 Å². The topological polar surface area (TPSA) is 84.6 Å². The Kier molecular flexibility index (Phi) is 13.2. The fourth-order valence-corrected chi connectivity index (χ4v) is 6.39. The number of aliphatic imine (C=N–C) groups is 1. The maximum atomic E-state index is 15.4. The van der Waals surface area contributed by atoms with Gasteiger partial charge in [-0.2, -0.15) is 18.2 Å². The average molecular weight is 787 g/mol. The van der Waals surface area contributed by atoms with Gasteiger partial charge in [-0.1, -0.05) is 92.3 Å². The molecule has 1 unspecified atom stereocenters. The van der Waals surface area contributed by atoms with Gasteiger partial charge in [0.1, 0.15) is 18.2 Å². The summed E-state index contributed by atoms with van der Waals surface area (Å²) in [5.41, 5.74) is 4.14. The molecule has 1 atom stereocenters. The van der Waals surface area contributed by atoms with Crippen molar-refractivity contribution < 1.29 is 40.3 Å². The van der Waals surface area contributed by atoms with Crippen LogP contribution < -0.4 is 15.0 Å². The number of amides is 2. The standard InChI is InChI=1S/C39H37F7N6O2S/c1-25(2)32-18-9-26(3)21-34(32)51(20-19-38(41,42)43)37(55-23-27-7-5-4-6-8-27)49-36(53)47-22-33(40)28-10-12-29(13-11-28)35-48-24-52(50-35)30-14-16-31(17-15-30)54-39(44,45)46/h4-18,21,24-25,33H,19-20,22-23H2,1-3H3,(H,47,53)/b49-37-. The summed E-state index contributed by atoms with van der Waals surface area (Å²) in [7, 11) is 0. The van der Waals surface area contributed by atoms with Crippen LogP contribution in [0, 0.1) is 6.92 Å². The molecule has 0 saturated heterocycles. The van der Waals surface area contributed by atoms with Crippen molar-refractivity contribution in [2.75, 3.05) is 18.0 Å². The molecule has 4 aromatic carbocycles. The van der Waals surface area contributed by atoms with E-state index in [4.69, 9.17) is 0 Å². The van der Waals surface area contributed by atoms with Crippen molar-refractivity contribution in [3.8, 4) is 22.8 Å². The fraction of sp³-hybridized carbons (Fsp3) is 0.282. The number of halogens is 7. The third kappa shape index (κ3) is 12.1. The van der Waals surface area contributed by atoms with E-state index in [2.05, 4.69) is 25.1 Å². The molecule has 0 spiro atoms. The lowest BCUT2D eigenvalue weighted by atomic mass is 9.98. The summed E-state index contributed by atoms with van der Waals surface area (Å²) in [6.07, 6.45) is -10.7. The second-order valence-corrected chi connectivity index (χ2v) is 13.7. The summed E-state index contributed by atoms with van der Waals surface area (Å²) in [5.74, 6) is 0.145. The Balaban J connectivity index is 1.31. The Hall–Kier alpha value is -5.38. The number of thioether (sulfide) groups is 1. The molecule has 55 heavy (non-hydrogen) atoms. The monoisotopic (exact) mass is 786 g/mol.